The van der Waals surface area contributed by atoms with Crippen molar-refractivity contribution in [3.63, 3.8) is 0 Å². The van der Waals surface area contributed by atoms with Gasteiger partial charge in [0.05, 0.1) is 0 Å². The van der Waals surface area contributed by atoms with Crippen molar-refractivity contribution in [3.8, 4) is 0 Å². The first-order chi connectivity index (χ1) is 8.86. The van der Waals surface area contributed by atoms with Gasteiger partial charge in [-0.1, -0.05) is 52.4 Å². The van der Waals surface area contributed by atoms with Crippen LogP contribution in [0.1, 0.15) is 64.4 Å². The predicted octanol–water partition coefficient (Wildman–Crippen LogP) is 4.35. The van der Waals surface area contributed by atoms with Gasteiger partial charge in [0, 0.05) is 25.5 Å². The summed E-state index contributed by atoms with van der Waals surface area (Å²) in [6.07, 6.45) is 14.2. The van der Waals surface area contributed by atoms with E-state index in [-0.39, 0.29) is 0 Å². The Bertz CT molecular complexity index is 291. The normalized spacial score (nSPS) is 11.0. The lowest BCUT2D eigenvalue weighted by molar-refractivity contribution is 0.550. The Morgan fingerprint density at radius 1 is 1.00 bits per heavy atom. The fourth-order valence-corrected chi connectivity index (χ4v) is 2.26. The van der Waals surface area contributed by atoms with Gasteiger partial charge in [0.15, 0.2) is 0 Å². The number of hydrogen-bond acceptors (Lipinski definition) is 1. The minimum Gasteiger partial charge on any atom is -0.354 e. The molecule has 104 valence electrons. The lowest BCUT2D eigenvalue weighted by Crippen LogP contribution is -2.11. The van der Waals surface area contributed by atoms with E-state index in [1.165, 1.54) is 57.1 Å². The van der Waals surface area contributed by atoms with Crippen molar-refractivity contribution >= 4 is 0 Å². The van der Waals surface area contributed by atoms with Crippen LogP contribution in [0.5, 0.6) is 0 Å². The first-order valence-electron chi connectivity index (χ1n) is 7.72. The highest BCUT2D eigenvalue weighted by atomic mass is 14.9. The Balaban J connectivity index is 2.03. The summed E-state index contributed by atoms with van der Waals surface area (Å²) in [6, 6.07) is 2.23. The summed E-state index contributed by atoms with van der Waals surface area (Å²) in [5.74, 6) is 0. The fourth-order valence-electron chi connectivity index (χ4n) is 2.26. The van der Waals surface area contributed by atoms with Gasteiger partial charge in [-0.25, -0.2) is 0 Å². The minimum atomic E-state index is 1.00. The van der Waals surface area contributed by atoms with Crippen LogP contribution in [0.15, 0.2) is 18.5 Å². The smallest absolute Gasteiger partial charge is 0.0220 e. The lowest BCUT2D eigenvalue weighted by Gasteiger charge is -2.03. The van der Waals surface area contributed by atoms with Crippen LogP contribution in [0.25, 0.3) is 0 Å². The molecule has 2 heteroatoms. The average Bonchev–Trinajstić information content (AvgIpc) is 2.83. The largest absolute Gasteiger partial charge is 0.354 e. The summed E-state index contributed by atoms with van der Waals surface area (Å²) in [6.45, 7) is 7.65. The molecule has 0 aromatic carbocycles. The summed E-state index contributed by atoms with van der Waals surface area (Å²) in [5.41, 5.74) is 1.40. The molecule has 0 fully saturated rings. The second-order valence-electron chi connectivity index (χ2n) is 5.16. The van der Waals surface area contributed by atoms with Crippen molar-refractivity contribution < 1.29 is 0 Å². The molecule has 0 aliphatic carbocycles. The second kappa shape index (κ2) is 10.2. The molecule has 2 nitrogen and oxygen atoms in total. The third-order valence-electron chi connectivity index (χ3n) is 3.41. The molecule has 0 unspecified atom stereocenters. The topological polar surface area (TPSA) is 17.0 Å². The Hall–Kier alpha value is -0.760. The van der Waals surface area contributed by atoms with Gasteiger partial charge in [0.25, 0.3) is 0 Å². The van der Waals surface area contributed by atoms with Crippen molar-refractivity contribution in [2.24, 2.45) is 0 Å². The average molecular weight is 250 g/mol. The van der Waals surface area contributed by atoms with Crippen LogP contribution in [0.2, 0.25) is 0 Å². The van der Waals surface area contributed by atoms with Gasteiger partial charge >= 0.3 is 0 Å². The number of aromatic nitrogens is 1. The summed E-state index contributed by atoms with van der Waals surface area (Å²) in [5, 5.41) is 3.36. The van der Waals surface area contributed by atoms with E-state index in [9.17, 15) is 0 Å². The van der Waals surface area contributed by atoms with E-state index in [2.05, 4.69) is 42.2 Å². The SMILES string of the molecule is CCCCCCCCCn1ccc(CNCC)c1. The van der Waals surface area contributed by atoms with Crippen LogP contribution in [0, 0.1) is 0 Å². The Labute approximate surface area is 113 Å². The zero-order valence-electron chi connectivity index (χ0n) is 12.3. The van der Waals surface area contributed by atoms with E-state index in [0.717, 1.165) is 13.1 Å². The third-order valence-corrected chi connectivity index (χ3v) is 3.41. The molecule has 0 aliphatic rings. The van der Waals surface area contributed by atoms with E-state index in [1.54, 1.807) is 0 Å². The molecule has 0 spiro atoms. The Morgan fingerprint density at radius 3 is 2.44 bits per heavy atom. The van der Waals surface area contributed by atoms with Crippen molar-refractivity contribution in [2.75, 3.05) is 6.54 Å². The highest BCUT2D eigenvalue weighted by Crippen LogP contribution is 2.09. The van der Waals surface area contributed by atoms with Crippen LogP contribution >= 0.6 is 0 Å². The molecule has 1 N–H and O–H groups in total. The van der Waals surface area contributed by atoms with Gasteiger partial charge < -0.3 is 9.88 Å². The van der Waals surface area contributed by atoms with Crippen molar-refractivity contribution in [2.45, 2.75) is 71.9 Å². The molecule has 0 radical (unpaired) electrons. The number of unbranched alkanes of at least 4 members (excludes halogenated alkanes) is 6. The lowest BCUT2D eigenvalue weighted by atomic mass is 10.1. The van der Waals surface area contributed by atoms with Gasteiger partial charge in [-0.2, -0.15) is 0 Å². The highest BCUT2D eigenvalue weighted by Gasteiger charge is 1.96. The molecule has 0 saturated carbocycles. The number of nitrogens with zero attached hydrogens (tertiary/aromatic N) is 1. The fraction of sp³-hybridized carbons (Fsp3) is 0.750. The maximum absolute atomic E-state index is 3.36. The summed E-state index contributed by atoms with van der Waals surface area (Å²) in [7, 11) is 0. The molecule has 0 aliphatic heterocycles. The second-order valence-corrected chi connectivity index (χ2v) is 5.16. The number of rotatable bonds is 11. The zero-order chi connectivity index (χ0) is 13.1. The third kappa shape index (κ3) is 6.85. The minimum absolute atomic E-state index is 1.00. The van der Waals surface area contributed by atoms with E-state index >= 15 is 0 Å². The van der Waals surface area contributed by atoms with Crippen LogP contribution in [-0.4, -0.2) is 11.1 Å². The van der Waals surface area contributed by atoms with Crippen molar-refractivity contribution in [3.05, 3.63) is 24.0 Å². The van der Waals surface area contributed by atoms with Crippen molar-refractivity contribution in [1.29, 1.82) is 0 Å². The van der Waals surface area contributed by atoms with E-state index in [4.69, 9.17) is 0 Å². The van der Waals surface area contributed by atoms with E-state index < -0.39 is 0 Å². The van der Waals surface area contributed by atoms with E-state index in [0.29, 0.717) is 0 Å². The molecule has 1 rings (SSSR count). The van der Waals surface area contributed by atoms with Gasteiger partial charge in [0.1, 0.15) is 0 Å². The quantitative estimate of drug-likeness (QED) is 0.578. The predicted molar refractivity (Wildman–Crippen MR) is 79.8 cm³/mol. The molecule has 18 heavy (non-hydrogen) atoms. The molecular formula is C16H30N2. The molecule has 1 heterocycles. The molecular weight excluding hydrogens is 220 g/mol. The maximum atomic E-state index is 3.36. The van der Waals surface area contributed by atoms with Crippen LogP contribution in [0.4, 0.5) is 0 Å². The van der Waals surface area contributed by atoms with Crippen molar-refractivity contribution in [1.82, 2.24) is 9.88 Å². The molecule has 1 aromatic rings. The summed E-state index contributed by atoms with van der Waals surface area (Å²) < 4.78 is 2.33. The number of nitrogens with one attached hydrogen (secondary N) is 1. The molecule has 0 amide bonds. The molecule has 0 saturated heterocycles. The Morgan fingerprint density at radius 2 is 1.72 bits per heavy atom. The summed E-state index contributed by atoms with van der Waals surface area (Å²) >= 11 is 0. The molecule has 0 atom stereocenters. The molecule has 1 aromatic heterocycles. The van der Waals surface area contributed by atoms with Crippen LogP contribution in [0.3, 0.4) is 0 Å². The number of hydrogen-bond donors (Lipinski definition) is 1. The van der Waals surface area contributed by atoms with Gasteiger partial charge in [0.2, 0.25) is 0 Å². The first-order valence-corrected chi connectivity index (χ1v) is 7.72. The summed E-state index contributed by atoms with van der Waals surface area (Å²) in [4.78, 5) is 0. The van der Waals surface area contributed by atoms with Crippen LogP contribution < -0.4 is 5.32 Å². The number of aryl methyl sites for hydroxylation is 1. The standard InChI is InChI=1S/C16H30N2/c1-3-5-6-7-8-9-10-12-18-13-11-16(15-18)14-17-4-2/h11,13,15,17H,3-10,12,14H2,1-2H3. The van der Waals surface area contributed by atoms with Gasteiger partial charge in [-0.3, -0.25) is 0 Å². The van der Waals surface area contributed by atoms with Gasteiger partial charge in [-0.15, -0.1) is 0 Å². The van der Waals surface area contributed by atoms with Crippen LogP contribution in [-0.2, 0) is 13.1 Å². The van der Waals surface area contributed by atoms with E-state index in [1.807, 2.05) is 0 Å². The maximum Gasteiger partial charge on any atom is 0.0220 e. The molecule has 0 bridgehead atoms. The zero-order valence-corrected chi connectivity index (χ0v) is 12.3. The highest BCUT2D eigenvalue weighted by molar-refractivity contribution is 5.09. The Kier molecular flexibility index (Phi) is 8.66. The monoisotopic (exact) mass is 250 g/mol. The first kappa shape index (κ1) is 15.3. The van der Waals surface area contributed by atoms with Gasteiger partial charge in [-0.05, 0) is 24.6 Å².